The maximum Gasteiger partial charge on any atom is 0.270 e. The standard InChI is InChI=1S/C18H23N5O2/c1-21-8-2-4-15(21)16(24)22-10-11-25-14-18(12-22)5-9-23(13-18)17-19-6-3-7-20-17/h2-4,6-8H,5,9-14H2,1H3. The second-order valence-corrected chi connectivity index (χ2v) is 7.00. The smallest absolute Gasteiger partial charge is 0.270 e. The average molecular weight is 341 g/mol. The van der Waals surface area contributed by atoms with Gasteiger partial charge in [0, 0.05) is 57.2 Å². The molecule has 2 fully saturated rings. The van der Waals surface area contributed by atoms with Crippen molar-refractivity contribution in [3.63, 3.8) is 0 Å². The maximum atomic E-state index is 12.9. The molecule has 2 aliphatic heterocycles. The summed E-state index contributed by atoms with van der Waals surface area (Å²) in [6, 6.07) is 5.60. The van der Waals surface area contributed by atoms with Crippen LogP contribution in [0.25, 0.3) is 0 Å². The van der Waals surface area contributed by atoms with Gasteiger partial charge in [-0.1, -0.05) is 0 Å². The Labute approximate surface area is 147 Å². The van der Waals surface area contributed by atoms with E-state index in [1.165, 1.54) is 0 Å². The fourth-order valence-corrected chi connectivity index (χ4v) is 3.82. The van der Waals surface area contributed by atoms with Crippen LogP contribution in [0.5, 0.6) is 0 Å². The van der Waals surface area contributed by atoms with Gasteiger partial charge in [-0.05, 0) is 24.6 Å². The molecule has 132 valence electrons. The van der Waals surface area contributed by atoms with Gasteiger partial charge in [-0.2, -0.15) is 0 Å². The van der Waals surface area contributed by atoms with E-state index in [1.54, 1.807) is 12.4 Å². The highest BCUT2D eigenvalue weighted by Crippen LogP contribution is 2.35. The van der Waals surface area contributed by atoms with Crippen molar-refractivity contribution >= 4 is 11.9 Å². The summed E-state index contributed by atoms with van der Waals surface area (Å²) in [5.74, 6) is 0.829. The van der Waals surface area contributed by atoms with Crippen molar-refractivity contribution in [3.05, 3.63) is 42.5 Å². The maximum absolute atomic E-state index is 12.9. The lowest BCUT2D eigenvalue weighted by atomic mass is 9.87. The monoisotopic (exact) mass is 341 g/mol. The summed E-state index contributed by atoms with van der Waals surface area (Å²) in [6.07, 6.45) is 6.41. The molecule has 4 rings (SSSR count). The zero-order chi connectivity index (χ0) is 17.3. The minimum absolute atomic E-state index is 0.0590. The van der Waals surface area contributed by atoms with Gasteiger partial charge in [-0.3, -0.25) is 4.79 Å². The molecule has 4 heterocycles. The molecule has 7 heteroatoms. The lowest BCUT2D eigenvalue weighted by Crippen LogP contribution is -2.44. The SMILES string of the molecule is Cn1cccc1C(=O)N1CCOCC2(CCN(c3ncccn3)C2)C1. The van der Waals surface area contributed by atoms with Gasteiger partial charge in [0.15, 0.2) is 0 Å². The molecule has 0 radical (unpaired) electrons. The fraction of sp³-hybridized carbons (Fsp3) is 0.500. The molecule has 7 nitrogen and oxygen atoms in total. The zero-order valence-electron chi connectivity index (χ0n) is 14.5. The predicted octanol–water partition coefficient (Wildman–Crippen LogP) is 1.18. The topological polar surface area (TPSA) is 63.5 Å². The summed E-state index contributed by atoms with van der Waals surface area (Å²) in [6.45, 7) is 4.30. The fourth-order valence-electron chi connectivity index (χ4n) is 3.82. The van der Waals surface area contributed by atoms with Crippen LogP contribution in [0.1, 0.15) is 16.9 Å². The van der Waals surface area contributed by atoms with Crippen molar-refractivity contribution in [2.75, 3.05) is 44.3 Å². The molecular weight excluding hydrogens is 318 g/mol. The second-order valence-electron chi connectivity index (χ2n) is 7.00. The van der Waals surface area contributed by atoms with E-state index in [-0.39, 0.29) is 11.3 Å². The normalized spacial score (nSPS) is 23.9. The molecule has 0 aromatic carbocycles. The number of amides is 1. The van der Waals surface area contributed by atoms with Crippen LogP contribution < -0.4 is 4.90 Å². The lowest BCUT2D eigenvalue weighted by Gasteiger charge is -2.31. The van der Waals surface area contributed by atoms with Crippen LogP contribution in [0.4, 0.5) is 5.95 Å². The summed E-state index contributed by atoms with van der Waals surface area (Å²) in [5.41, 5.74) is 0.662. The summed E-state index contributed by atoms with van der Waals surface area (Å²) in [4.78, 5) is 25.8. The molecule has 1 amide bonds. The molecule has 0 saturated carbocycles. The Bertz CT molecular complexity index is 747. The average Bonchev–Trinajstić information content (AvgIpc) is 3.18. The van der Waals surface area contributed by atoms with Crippen molar-refractivity contribution in [1.29, 1.82) is 0 Å². The second kappa shape index (κ2) is 6.48. The summed E-state index contributed by atoms with van der Waals surface area (Å²) in [5, 5.41) is 0. The highest BCUT2D eigenvalue weighted by Gasteiger charge is 2.43. The molecule has 25 heavy (non-hydrogen) atoms. The molecular formula is C18H23N5O2. The van der Waals surface area contributed by atoms with Crippen LogP contribution in [-0.2, 0) is 11.8 Å². The number of aromatic nitrogens is 3. The molecule has 0 aliphatic carbocycles. The number of nitrogens with zero attached hydrogens (tertiary/aromatic N) is 5. The highest BCUT2D eigenvalue weighted by atomic mass is 16.5. The molecule has 1 atom stereocenters. The van der Waals surface area contributed by atoms with Crippen LogP contribution in [0.2, 0.25) is 0 Å². The van der Waals surface area contributed by atoms with E-state index in [0.717, 1.165) is 31.2 Å². The van der Waals surface area contributed by atoms with Crippen LogP contribution >= 0.6 is 0 Å². The third-order valence-corrected chi connectivity index (χ3v) is 5.16. The first-order valence-electron chi connectivity index (χ1n) is 8.67. The zero-order valence-corrected chi connectivity index (χ0v) is 14.5. The van der Waals surface area contributed by atoms with Gasteiger partial charge in [0.2, 0.25) is 5.95 Å². The first-order chi connectivity index (χ1) is 12.2. The summed E-state index contributed by atoms with van der Waals surface area (Å²) < 4.78 is 7.75. The summed E-state index contributed by atoms with van der Waals surface area (Å²) >= 11 is 0. The summed E-state index contributed by atoms with van der Waals surface area (Å²) in [7, 11) is 1.90. The van der Waals surface area contributed by atoms with E-state index < -0.39 is 0 Å². The van der Waals surface area contributed by atoms with E-state index in [0.29, 0.717) is 26.3 Å². The number of hydrogen-bond acceptors (Lipinski definition) is 5. The Hall–Kier alpha value is -2.41. The number of rotatable bonds is 2. The Morgan fingerprint density at radius 3 is 2.80 bits per heavy atom. The van der Waals surface area contributed by atoms with Gasteiger partial charge in [0.25, 0.3) is 5.91 Å². The van der Waals surface area contributed by atoms with Gasteiger partial charge in [0.1, 0.15) is 5.69 Å². The number of hydrogen-bond donors (Lipinski definition) is 0. The Balaban J connectivity index is 1.52. The first-order valence-corrected chi connectivity index (χ1v) is 8.67. The van der Waals surface area contributed by atoms with E-state index in [1.807, 2.05) is 40.9 Å². The Morgan fingerprint density at radius 2 is 2.04 bits per heavy atom. The largest absolute Gasteiger partial charge is 0.379 e. The van der Waals surface area contributed by atoms with E-state index in [4.69, 9.17) is 4.74 Å². The van der Waals surface area contributed by atoms with Crippen LogP contribution in [0.15, 0.2) is 36.8 Å². The third-order valence-electron chi connectivity index (χ3n) is 5.16. The van der Waals surface area contributed by atoms with Crippen molar-refractivity contribution in [2.45, 2.75) is 6.42 Å². The lowest BCUT2D eigenvalue weighted by molar-refractivity contribution is 0.0682. The quantitative estimate of drug-likeness (QED) is 0.821. The third kappa shape index (κ3) is 3.11. The number of carbonyl (C=O) groups excluding carboxylic acids is 1. The van der Waals surface area contributed by atoms with Crippen LogP contribution in [0.3, 0.4) is 0 Å². The van der Waals surface area contributed by atoms with Crippen LogP contribution in [0, 0.1) is 5.41 Å². The minimum Gasteiger partial charge on any atom is -0.379 e. The van der Waals surface area contributed by atoms with Crippen molar-refractivity contribution in [1.82, 2.24) is 19.4 Å². The number of carbonyl (C=O) groups is 1. The van der Waals surface area contributed by atoms with Gasteiger partial charge >= 0.3 is 0 Å². The number of anilines is 1. The Kier molecular flexibility index (Phi) is 4.17. The van der Waals surface area contributed by atoms with Crippen molar-refractivity contribution < 1.29 is 9.53 Å². The minimum atomic E-state index is -0.0590. The van der Waals surface area contributed by atoms with Crippen molar-refractivity contribution in [2.24, 2.45) is 12.5 Å². The van der Waals surface area contributed by atoms with Crippen molar-refractivity contribution in [3.8, 4) is 0 Å². The van der Waals surface area contributed by atoms with Gasteiger partial charge in [0.05, 0.1) is 13.2 Å². The van der Waals surface area contributed by atoms with Gasteiger partial charge in [-0.15, -0.1) is 0 Å². The van der Waals surface area contributed by atoms with Gasteiger partial charge in [-0.25, -0.2) is 9.97 Å². The highest BCUT2D eigenvalue weighted by molar-refractivity contribution is 5.92. The molecule has 1 unspecified atom stereocenters. The molecule has 2 aromatic rings. The molecule has 2 saturated heterocycles. The van der Waals surface area contributed by atoms with E-state index in [2.05, 4.69) is 14.9 Å². The Morgan fingerprint density at radius 1 is 1.20 bits per heavy atom. The molecule has 1 spiro atoms. The predicted molar refractivity (Wildman–Crippen MR) is 93.4 cm³/mol. The first kappa shape index (κ1) is 16.1. The number of ether oxygens (including phenoxy) is 1. The van der Waals surface area contributed by atoms with E-state index in [9.17, 15) is 4.79 Å². The number of aryl methyl sites for hydroxylation is 1. The molecule has 2 aliphatic rings. The molecule has 2 aromatic heterocycles. The molecule has 0 N–H and O–H groups in total. The van der Waals surface area contributed by atoms with Crippen LogP contribution in [-0.4, -0.2) is 64.7 Å². The van der Waals surface area contributed by atoms with E-state index >= 15 is 0 Å². The molecule has 0 bridgehead atoms. The van der Waals surface area contributed by atoms with Gasteiger partial charge < -0.3 is 19.1 Å².